The third kappa shape index (κ3) is 2.20. The summed E-state index contributed by atoms with van der Waals surface area (Å²) in [7, 11) is 0. The maximum absolute atomic E-state index is 5.99. The van der Waals surface area contributed by atoms with E-state index in [0.717, 1.165) is 28.6 Å². The van der Waals surface area contributed by atoms with Crippen LogP contribution in [-0.2, 0) is 0 Å². The fraction of sp³-hybridized carbons (Fsp3) is 0.357. The predicted octanol–water partition coefficient (Wildman–Crippen LogP) is 3.60. The molecule has 18 heavy (non-hydrogen) atoms. The number of nitrogens with one attached hydrogen (secondary N) is 1. The number of nitrogen functional groups attached to an aromatic ring is 1. The van der Waals surface area contributed by atoms with Gasteiger partial charge in [-0.1, -0.05) is 36.8 Å². The lowest BCUT2D eigenvalue weighted by molar-refractivity contribution is 0.333. The average Bonchev–Trinajstić information content (AvgIpc) is 2.70. The van der Waals surface area contributed by atoms with Crippen molar-refractivity contribution in [3.8, 4) is 11.1 Å². The summed E-state index contributed by atoms with van der Waals surface area (Å²) in [4.78, 5) is 0. The van der Waals surface area contributed by atoms with Gasteiger partial charge in [0.15, 0.2) is 0 Å². The molecule has 1 aromatic carbocycles. The van der Waals surface area contributed by atoms with Gasteiger partial charge in [-0.3, -0.25) is 0 Å². The van der Waals surface area contributed by atoms with Gasteiger partial charge in [0.25, 0.3) is 0 Å². The van der Waals surface area contributed by atoms with Crippen LogP contribution >= 0.6 is 11.5 Å². The number of nitrogens with two attached hydrogens (primary N) is 1. The first-order valence-corrected chi connectivity index (χ1v) is 7.16. The fourth-order valence-electron chi connectivity index (χ4n) is 2.24. The van der Waals surface area contributed by atoms with E-state index in [-0.39, 0.29) is 0 Å². The zero-order chi connectivity index (χ0) is 12.4. The lowest BCUT2D eigenvalue weighted by Crippen LogP contribution is -2.20. The maximum Gasteiger partial charge on any atom is 0.147 e. The van der Waals surface area contributed by atoms with Gasteiger partial charge in [0, 0.05) is 6.54 Å². The first-order valence-electron chi connectivity index (χ1n) is 6.39. The largest absolute Gasteiger partial charge is 0.382 e. The van der Waals surface area contributed by atoms with Gasteiger partial charge < -0.3 is 11.1 Å². The molecule has 0 atom stereocenters. The molecule has 3 N–H and O–H groups in total. The van der Waals surface area contributed by atoms with Crippen molar-refractivity contribution >= 4 is 22.4 Å². The number of hydrogen-bond acceptors (Lipinski definition) is 4. The Hall–Kier alpha value is -1.55. The monoisotopic (exact) mass is 259 g/mol. The van der Waals surface area contributed by atoms with Crippen LogP contribution in [0.1, 0.15) is 19.3 Å². The van der Waals surface area contributed by atoms with Gasteiger partial charge in [-0.25, -0.2) is 0 Å². The van der Waals surface area contributed by atoms with Crippen LogP contribution in [0.4, 0.5) is 10.8 Å². The Morgan fingerprint density at radius 2 is 2.06 bits per heavy atom. The Balaban J connectivity index is 1.82. The Morgan fingerprint density at radius 3 is 2.72 bits per heavy atom. The number of aromatic nitrogens is 1. The molecule has 0 saturated heterocycles. The molecule has 3 nitrogen and oxygen atoms in total. The Morgan fingerprint density at radius 1 is 1.28 bits per heavy atom. The Bertz CT molecular complexity index is 517. The highest BCUT2D eigenvalue weighted by Crippen LogP contribution is 2.37. The topological polar surface area (TPSA) is 50.9 Å². The standard InChI is InChI=1S/C14H17N3S/c15-13-12(11-7-2-1-3-8-11)14(18-17-13)16-9-10-5-4-6-10/h1-3,7-8,10,16H,4-6,9H2,(H2,15,17). The molecule has 0 aliphatic heterocycles. The van der Waals surface area contributed by atoms with Crippen molar-refractivity contribution < 1.29 is 0 Å². The average molecular weight is 259 g/mol. The summed E-state index contributed by atoms with van der Waals surface area (Å²) in [5, 5.41) is 4.61. The van der Waals surface area contributed by atoms with E-state index in [1.54, 1.807) is 0 Å². The molecular weight excluding hydrogens is 242 g/mol. The highest BCUT2D eigenvalue weighted by atomic mass is 32.1. The van der Waals surface area contributed by atoms with Crippen molar-refractivity contribution in [1.82, 2.24) is 4.37 Å². The summed E-state index contributed by atoms with van der Waals surface area (Å²) < 4.78 is 4.27. The van der Waals surface area contributed by atoms with E-state index in [1.165, 1.54) is 30.8 Å². The highest BCUT2D eigenvalue weighted by molar-refractivity contribution is 7.11. The van der Waals surface area contributed by atoms with Gasteiger partial charge in [-0.05, 0) is 35.9 Å². The summed E-state index contributed by atoms with van der Waals surface area (Å²) in [6.07, 6.45) is 4.08. The zero-order valence-corrected chi connectivity index (χ0v) is 11.0. The molecule has 4 heteroatoms. The second-order valence-electron chi connectivity index (χ2n) is 4.82. The van der Waals surface area contributed by atoms with Crippen LogP contribution in [0.3, 0.4) is 0 Å². The third-order valence-corrected chi connectivity index (χ3v) is 4.38. The van der Waals surface area contributed by atoms with E-state index in [0.29, 0.717) is 5.82 Å². The summed E-state index contributed by atoms with van der Waals surface area (Å²) in [5.41, 5.74) is 8.18. The molecule has 3 rings (SSSR count). The first-order chi connectivity index (χ1) is 8.84. The van der Waals surface area contributed by atoms with Crippen molar-refractivity contribution in [2.45, 2.75) is 19.3 Å². The van der Waals surface area contributed by atoms with Crippen molar-refractivity contribution in [1.29, 1.82) is 0 Å². The molecule has 1 saturated carbocycles. The van der Waals surface area contributed by atoms with E-state index in [1.807, 2.05) is 18.2 Å². The molecule has 0 spiro atoms. The third-order valence-electron chi connectivity index (χ3n) is 3.56. The minimum Gasteiger partial charge on any atom is -0.382 e. The highest BCUT2D eigenvalue weighted by Gasteiger charge is 2.19. The van der Waals surface area contributed by atoms with Gasteiger partial charge >= 0.3 is 0 Å². The normalized spacial score (nSPS) is 15.3. The van der Waals surface area contributed by atoms with E-state index < -0.39 is 0 Å². The molecular formula is C14H17N3S. The van der Waals surface area contributed by atoms with Gasteiger partial charge in [-0.2, -0.15) is 4.37 Å². The van der Waals surface area contributed by atoms with E-state index in [9.17, 15) is 0 Å². The number of rotatable bonds is 4. The number of benzene rings is 1. The summed E-state index contributed by atoms with van der Waals surface area (Å²) in [6, 6.07) is 10.2. The molecule has 94 valence electrons. The second kappa shape index (κ2) is 4.98. The molecule has 1 aromatic heterocycles. The van der Waals surface area contributed by atoms with Crippen molar-refractivity contribution in [3.05, 3.63) is 30.3 Å². The maximum atomic E-state index is 5.99. The number of anilines is 2. The molecule has 1 aliphatic carbocycles. The van der Waals surface area contributed by atoms with Crippen LogP contribution in [-0.4, -0.2) is 10.9 Å². The lowest BCUT2D eigenvalue weighted by Gasteiger charge is -2.25. The van der Waals surface area contributed by atoms with Crippen LogP contribution in [0.5, 0.6) is 0 Å². The molecule has 1 fully saturated rings. The minimum atomic E-state index is 0.627. The van der Waals surface area contributed by atoms with E-state index in [2.05, 4.69) is 21.8 Å². The smallest absolute Gasteiger partial charge is 0.147 e. The molecule has 0 radical (unpaired) electrons. The predicted molar refractivity (Wildman–Crippen MR) is 77.8 cm³/mol. The molecule has 0 bridgehead atoms. The molecule has 1 aliphatic rings. The quantitative estimate of drug-likeness (QED) is 0.882. The summed E-state index contributed by atoms with van der Waals surface area (Å²) in [6.45, 7) is 1.04. The van der Waals surface area contributed by atoms with Crippen LogP contribution < -0.4 is 11.1 Å². The minimum absolute atomic E-state index is 0.627. The van der Waals surface area contributed by atoms with Crippen LogP contribution in [0.15, 0.2) is 30.3 Å². The lowest BCUT2D eigenvalue weighted by atomic mass is 9.85. The van der Waals surface area contributed by atoms with Crippen LogP contribution in [0, 0.1) is 5.92 Å². The van der Waals surface area contributed by atoms with Gasteiger partial charge in [0.05, 0.1) is 5.56 Å². The number of nitrogens with zero attached hydrogens (tertiary/aromatic N) is 1. The SMILES string of the molecule is Nc1nsc(NCC2CCC2)c1-c1ccccc1. The van der Waals surface area contributed by atoms with E-state index in [4.69, 9.17) is 5.73 Å². The van der Waals surface area contributed by atoms with Crippen molar-refractivity contribution in [3.63, 3.8) is 0 Å². The Labute approximate surface area is 111 Å². The fourth-order valence-corrected chi connectivity index (χ4v) is 2.98. The summed E-state index contributed by atoms with van der Waals surface area (Å²) in [5.74, 6) is 1.46. The first kappa shape index (κ1) is 11.5. The van der Waals surface area contributed by atoms with Gasteiger partial charge in [0.1, 0.15) is 10.8 Å². The molecule has 0 amide bonds. The molecule has 2 aromatic rings. The van der Waals surface area contributed by atoms with Gasteiger partial charge in [-0.15, -0.1) is 0 Å². The second-order valence-corrected chi connectivity index (χ2v) is 5.59. The zero-order valence-electron chi connectivity index (χ0n) is 10.2. The summed E-state index contributed by atoms with van der Waals surface area (Å²) >= 11 is 1.46. The Kier molecular flexibility index (Phi) is 3.19. The van der Waals surface area contributed by atoms with E-state index >= 15 is 0 Å². The number of hydrogen-bond donors (Lipinski definition) is 2. The molecule has 0 unspecified atom stereocenters. The molecule has 1 heterocycles. The van der Waals surface area contributed by atoms with Crippen LogP contribution in [0.2, 0.25) is 0 Å². The van der Waals surface area contributed by atoms with Crippen LogP contribution in [0.25, 0.3) is 11.1 Å². The van der Waals surface area contributed by atoms with Crippen molar-refractivity contribution in [2.24, 2.45) is 5.92 Å². The van der Waals surface area contributed by atoms with Gasteiger partial charge in [0.2, 0.25) is 0 Å². The van der Waals surface area contributed by atoms with Crippen molar-refractivity contribution in [2.75, 3.05) is 17.6 Å².